The van der Waals surface area contributed by atoms with Crippen LogP contribution in [0.4, 0.5) is 0 Å². The van der Waals surface area contributed by atoms with Crippen LogP contribution < -0.4 is 11.3 Å². The van der Waals surface area contributed by atoms with E-state index in [1.165, 1.54) is 5.69 Å². The van der Waals surface area contributed by atoms with Crippen molar-refractivity contribution in [2.45, 2.75) is 37.8 Å². The van der Waals surface area contributed by atoms with Gasteiger partial charge in [-0.3, -0.25) is 16.0 Å². The van der Waals surface area contributed by atoms with Crippen molar-refractivity contribution in [2.75, 3.05) is 5.75 Å². The topological polar surface area (TPSA) is 55.9 Å². The Hall–Kier alpha value is -1.01. The Labute approximate surface area is 135 Å². The first kappa shape index (κ1) is 16.4. The van der Waals surface area contributed by atoms with Gasteiger partial charge >= 0.3 is 0 Å². The second kappa shape index (κ2) is 7.84. The SMILES string of the molecule is CCn1nc(C)cc1CC(CSc1cccc(Cl)c1)NN. The number of nitrogens with zero attached hydrogens (tertiary/aromatic N) is 2. The zero-order valence-corrected chi connectivity index (χ0v) is 13.9. The zero-order chi connectivity index (χ0) is 15.2. The van der Waals surface area contributed by atoms with Crippen molar-refractivity contribution < 1.29 is 0 Å². The Bertz CT molecular complexity index is 585. The van der Waals surface area contributed by atoms with Gasteiger partial charge in [-0.25, -0.2) is 0 Å². The van der Waals surface area contributed by atoms with Crippen LogP contribution in [0.1, 0.15) is 18.3 Å². The van der Waals surface area contributed by atoms with Gasteiger partial charge in [0.15, 0.2) is 0 Å². The van der Waals surface area contributed by atoms with Crippen molar-refractivity contribution in [1.29, 1.82) is 0 Å². The molecule has 3 N–H and O–H groups in total. The van der Waals surface area contributed by atoms with E-state index in [2.05, 4.69) is 29.6 Å². The van der Waals surface area contributed by atoms with Gasteiger partial charge in [0.1, 0.15) is 0 Å². The maximum absolute atomic E-state index is 6.00. The summed E-state index contributed by atoms with van der Waals surface area (Å²) in [5, 5.41) is 5.23. The Morgan fingerprint density at radius 3 is 2.90 bits per heavy atom. The summed E-state index contributed by atoms with van der Waals surface area (Å²) >= 11 is 7.75. The first-order chi connectivity index (χ1) is 10.1. The molecule has 0 aliphatic carbocycles. The van der Waals surface area contributed by atoms with E-state index in [0.717, 1.165) is 34.3 Å². The van der Waals surface area contributed by atoms with E-state index < -0.39 is 0 Å². The monoisotopic (exact) mass is 324 g/mol. The van der Waals surface area contributed by atoms with Crippen LogP contribution in [0.25, 0.3) is 0 Å². The van der Waals surface area contributed by atoms with Crippen molar-refractivity contribution in [3.63, 3.8) is 0 Å². The van der Waals surface area contributed by atoms with E-state index in [1.54, 1.807) is 11.8 Å². The molecular formula is C15H21ClN4S. The highest BCUT2D eigenvalue weighted by molar-refractivity contribution is 7.99. The summed E-state index contributed by atoms with van der Waals surface area (Å²) in [7, 11) is 0. The average molecular weight is 325 g/mol. The third-order valence-corrected chi connectivity index (χ3v) is 4.61. The molecule has 2 rings (SSSR count). The van der Waals surface area contributed by atoms with Gasteiger partial charge in [-0.1, -0.05) is 17.7 Å². The minimum absolute atomic E-state index is 0.190. The molecule has 21 heavy (non-hydrogen) atoms. The fourth-order valence-corrected chi connectivity index (χ4v) is 3.46. The molecule has 1 heterocycles. The molecule has 6 heteroatoms. The lowest BCUT2D eigenvalue weighted by Gasteiger charge is -2.16. The predicted molar refractivity (Wildman–Crippen MR) is 89.6 cm³/mol. The van der Waals surface area contributed by atoms with E-state index >= 15 is 0 Å². The molecule has 1 unspecified atom stereocenters. The van der Waals surface area contributed by atoms with Gasteiger partial charge in [0, 0.05) is 40.4 Å². The molecule has 0 radical (unpaired) electrons. The fourth-order valence-electron chi connectivity index (χ4n) is 2.21. The maximum atomic E-state index is 6.00. The third-order valence-electron chi connectivity index (χ3n) is 3.22. The quantitative estimate of drug-likeness (QED) is 0.467. The molecule has 114 valence electrons. The van der Waals surface area contributed by atoms with Gasteiger partial charge < -0.3 is 0 Å². The summed E-state index contributed by atoms with van der Waals surface area (Å²) < 4.78 is 2.03. The van der Waals surface area contributed by atoms with Crippen LogP contribution in [0.3, 0.4) is 0 Å². The minimum atomic E-state index is 0.190. The lowest BCUT2D eigenvalue weighted by Crippen LogP contribution is -2.39. The molecule has 0 aliphatic rings. The number of hydrazine groups is 1. The molecule has 0 spiro atoms. The summed E-state index contributed by atoms with van der Waals surface area (Å²) in [5.41, 5.74) is 5.16. The second-order valence-corrected chi connectivity index (χ2v) is 6.46. The van der Waals surface area contributed by atoms with Gasteiger partial charge in [0.25, 0.3) is 0 Å². The number of hydrogen-bond acceptors (Lipinski definition) is 4. The van der Waals surface area contributed by atoms with Crippen molar-refractivity contribution in [2.24, 2.45) is 5.84 Å². The summed E-state index contributed by atoms with van der Waals surface area (Å²) in [6, 6.07) is 10.2. The van der Waals surface area contributed by atoms with Crippen LogP contribution in [-0.4, -0.2) is 21.6 Å². The highest BCUT2D eigenvalue weighted by atomic mass is 35.5. The first-order valence-electron chi connectivity index (χ1n) is 7.00. The Balaban J connectivity index is 1.96. The molecule has 0 aliphatic heterocycles. The largest absolute Gasteiger partial charge is 0.271 e. The lowest BCUT2D eigenvalue weighted by atomic mass is 10.2. The van der Waals surface area contributed by atoms with Gasteiger partial charge in [0.2, 0.25) is 0 Å². The molecule has 1 aromatic heterocycles. The molecular weight excluding hydrogens is 304 g/mol. The van der Waals surface area contributed by atoms with Crippen LogP contribution in [0.5, 0.6) is 0 Å². The number of rotatable bonds is 7. The van der Waals surface area contributed by atoms with Crippen molar-refractivity contribution >= 4 is 23.4 Å². The number of nitrogens with two attached hydrogens (primary N) is 1. The van der Waals surface area contributed by atoms with Crippen molar-refractivity contribution in [1.82, 2.24) is 15.2 Å². The van der Waals surface area contributed by atoms with Gasteiger partial charge in [0.05, 0.1) is 5.69 Å². The zero-order valence-electron chi connectivity index (χ0n) is 12.3. The number of nitrogens with one attached hydrogen (secondary N) is 1. The standard InChI is InChI=1S/C15H21ClN4S/c1-3-20-14(7-11(2)19-20)9-13(18-17)10-21-15-6-4-5-12(16)8-15/h4-8,13,18H,3,9-10,17H2,1-2H3. The van der Waals surface area contributed by atoms with Crippen LogP contribution in [0.2, 0.25) is 5.02 Å². The van der Waals surface area contributed by atoms with Crippen LogP contribution in [-0.2, 0) is 13.0 Å². The van der Waals surface area contributed by atoms with E-state index in [0.29, 0.717) is 0 Å². The molecule has 0 saturated heterocycles. The molecule has 2 aromatic rings. The van der Waals surface area contributed by atoms with Crippen molar-refractivity contribution in [3.05, 3.63) is 46.7 Å². The molecule has 4 nitrogen and oxygen atoms in total. The number of thioether (sulfide) groups is 1. The van der Waals surface area contributed by atoms with Crippen LogP contribution in [0, 0.1) is 6.92 Å². The highest BCUT2D eigenvalue weighted by Gasteiger charge is 2.13. The van der Waals surface area contributed by atoms with Gasteiger partial charge in [-0.2, -0.15) is 5.10 Å². The normalized spacial score (nSPS) is 12.6. The Kier molecular flexibility index (Phi) is 6.11. The Morgan fingerprint density at radius 1 is 1.43 bits per heavy atom. The average Bonchev–Trinajstić information content (AvgIpc) is 2.83. The molecule has 1 atom stereocenters. The van der Waals surface area contributed by atoms with E-state index in [4.69, 9.17) is 17.4 Å². The number of aromatic nitrogens is 2. The molecule has 0 bridgehead atoms. The molecule has 0 amide bonds. The van der Waals surface area contributed by atoms with E-state index in [1.807, 2.05) is 29.8 Å². The predicted octanol–water partition coefficient (Wildman–Crippen LogP) is 3.03. The smallest absolute Gasteiger partial charge is 0.0596 e. The van der Waals surface area contributed by atoms with Crippen LogP contribution in [0.15, 0.2) is 35.2 Å². The Morgan fingerprint density at radius 2 is 2.24 bits per heavy atom. The van der Waals surface area contributed by atoms with Gasteiger partial charge in [-0.05, 0) is 38.1 Å². The maximum Gasteiger partial charge on any atom is 0.0596 e. The number of aryl methyl sites for hydroxylation is 2. The number of hydrogen-bond donors (Lipinski definition) is 2. The summed E-state index contributed by atoms with van der Waals surface area (Å²) in [4.78, 5) is 1.16. The molecule has 0 fully saturated rings. The fraction of sp³-hybridized carbons (Fsp3) is 0.400. The minimum Gasteiger partial charge on any atom is -0.271 e. The number of benzene rings is 1. The summed E-state index contributed by atoms with van der Waals surface area (Å²) in [6.07, 6.45) is 0.860. The second-order valence-electron chi connectivity index (χ2n) is 4.93. The third kappa shape index (κ3) is 4.74. The molecule has 1 aromatic carbocycles. The van der Waals surface area contributed by atoms with Crippen LogP contribution >= 0.6 is 23.4 Å². The summed E-state index contributed by atoms with van der Waals surface area (Å²) in [5.74, 6) is 6.57. The van der Waals surface area contributed by atoms with Gasteiger partial charge in [-0.15, -0.1) is 11.8 Å². The lowest BCUT2D eigenvalue weighted by molar-refractivity contribution is 0.534. The number of halogens is 1. The van der Waals surface area contributed by atoms with E-state index in [9.17, 15) is 0 Å². The molecule has 0 saturated carbocycles. The van der Waals surface area contributed by atoms with Crippen molar-refractivity contribution in [3.8, 4) is 0 Å². The van der Waals surface area contributed by atoms with E-state index in [-0.39, 0.29) is 6.04 Å². The first-order valence-corrected chi connectivity index (χ1v) is 8.36. The summed E-state index contributed by atoms with van der Waals surface area (Å²) in [6.45, 7) is 4.99. The highest BCUT2D eigenvalue weighted by Crippen LogP contribution is 2.23.